The molecule has 0 radical (unpaired) electrons. The molecule has 2 atom stereocenters. The van der Waals surface area contributed by atoms with Crippen LogP contribution in [0.5, 0.6) is 0 Å². The van der Waals surface area contributed by atoms with Gasteiger partial charge in [0.2, 0.25) is 0 Å². The maximum Gasteiger partial charge on any atom is 0.377 e. The fourth-order valence-corrected chi connectivity index (χ4v) is 2.17. The summed E-state index contributed by atoms with van der Waals surface area (Å²) < 4.78 is 30.5. The highest BCUT2D eigenvalue weighted by molar-refractivity contribution is 5.79. The number of halogens is 2. The van der Waals surface area contributed by atoms with E-state index in [2.05, 4.69) is 15.0 Å². The minimum atomic E-state index is -3.29. The normalized spacial score (nSPS) is 35.1. The molecule has 4 nitrogen and oxygen atoms in total. The topological polar surface area (TPSA) is 41.6 Å². The van der Waals surface area contributed by atoms with Gasteiger partial charge in [-0.2, -0.15) is 8.78 Å². The zero-order valence-electron chi connectivity index (χ0n) is 9.21. The first-order valence-corrected chi connectivity index (χ1v) is 5.53. The molecule has 0 bridgehead atoms. The number of hydrogen-bond acceptors (Lipinski definition) is 4. The molecule has 92 valence electrons. The minimum Gasteiger partial charge on any atom is -0.456 e. The summed E-state index contributed by atoms with van der Waals surface area (Å²) in [6, 6.07) is 0.293. The van der Waals surface area contributed by atoms with E-state index in [4.69, 9.17) is 0 Å². The Bertz CT molecular complexity index is 286. The molecule has 2 saturated heterocycles. The molecular formula is C10H16F2N2O2. The first kappa shape index (κ1) is 11.7. The van der Waals surface area contributed by atoms with Crippen molar-refractivity contribution in [1.29, 1.82) is 0 Å². The number of rotatable bonds is 2. The lowest BCUT2D eigenvalue weighted by Gasteiger charge is -2.34. The summed E-state index contributed by atoms with van der Waals surface area (Å²) in [5.74, 6) is -4.66. The molecule has 0 aromatic heterocycles. The fourth-order valence-electron chi connectivity index (χ4n) is 2.17. The van der Waals surface area contributed by atoms with E-state index in [1.807, 2.05) is 6.92 Å². The van der Waals surface area contributed by atoms with Crippen molar-refractivity contribution in [2.24, 2.45) is 0 Å². The lowest BCUT2D eigenvalue weighted by molar-refractivity contribution is -0.159. The van der Waals surface area contributed by atoms with E-state index in [1.54, 1.807) is 0 Å². The second-order valence-electron chi connectivity index (χ2n) is 4.48. The molecule has 2 aliphatic heterocycles. The largest absolute Gasteiger partial charge is 0.456 e. The average Bonchev–Trinajstić information content (AvgIpc) is 2.44. The lowest BCUT2D eigenvalue weighted by atomic mass is 10.1. The average molecular weight is 234 g/mol. The highest BCUT2D eigenvalue weighted by atomic mass is 19.3. The van der Waals surface area contributed by atoms with Crippen LogP contribution in [0.4, 0.5) is 8.78 Å². The molecule has 16 heavy (non-hydrogen) atoms. The second-order valence-corrected chi connectivity index (χ2v) is 4.48. The van der Waals surface area contributed by atoms with E-state index in [1.165, 1.54) is 0 Å². The number of carbonyl (C=O) groups is 1. The predicted molar refractivity (Wildman–Crippen MR) is 53.3 cm³/mol. The molecule has 2 aliphatic rings. The fraction of sp³-hybridized carbons (Fsp3) is 0.900. The first-order valence-electron chi connectivity index (χ1n) is 5.53. The van der Waals surface area contributed by atoms with Crippen molar-refractivity contribution in [3.05, 3.63) is 0 Å². The van der Waals surface area contributed by atoms with E-state index in [0.717, 1.165) is 19.6 Å². The van der Waals surface area contributed by atoms with Gasteiger partial charge in [-0.3, -0.25) is 4.90 Å². The molecule has 1 unspecified atom stereocenters. The Morgan fingerprint density at radius 1 is 1.62 bits per heavy atom. The maximum atomic E-state index is 12.9. The number of alkyl halides is 2. The summed E-state index contributed by atoms with van der Waals surface area (Å²) in [5.41, 5.74) is 0. The number of esters is 1. The Labute approximate surface area is 92.9 Å². The van der Waals surface area contributed by atoms with Gasteiger partial charge >= 0.3 is 11.9 Å². The molecule has 0 aromatic rings. The van der Waals surface area contributed by atoms with Crippen LogP contribution in [0.1, 0.15) is 13.3 Å². The minimum absolute atomic E-state index is 0.293. The van der Waals surface area contributed by atoms with Crippen LogP contribution in [0.3, 0.4) is 0 Å². The Morgan fingerprint density at radius 2 is 2.38 bits per heavy atom. The zero-order valence-corrected chi connectivity index (χ0v) is 9.21. The predicted octanol–water partition coefficient (Wildman–Crippen LogP) is 0.231. The monoisotopic (exact) mass is 234 g/mol. The standard InChI is InChI=1S/C10H16F2N2O2/c1-7-5-13-2-3-14(7)6-8-4-10(11,12)9(15)16-8/h7-8,13H,2-6H2,1H3/t7-,8?/m0/s1. The Balaban J connectivity index is 1.89. The van der Waals surface area contributed by atoms with Crippen molar-refractivity contribution in [1.82, 2.24) is 10.2 Å². The smallest absolute Gasteiger partial charge is 0.377 e. The summed E-state index contributed by atoms with van der Waals surface area (Å²) in [6.07, 6.45) is -1.15. The number of nitrogens with one attached hydrogen (secondary N) is 1. The zero-order chi connectivity index (χ0) is 11.8. The molecular weight excluding hydrogens is 218 g/mol. The highest BCUT2D eigenvalue weighted by Gasteiger charge is 2.51. The SMILES string of the molecule is C[C@H]1CNCCN1CC1CC(F)(F)C(=O)O1. The van der Waals surface area contributed by atoms with Crippen molar-refractivity contribution < 1.29 is 18.3 Å². The van der Waals surface area contributed by atoms with Crippen molar-refractivity contribution >= 4 is 5.97 Å². The van der Waals surface area contributed by atoms with Crippen LogP contribution in [0.25, 0.3) is 0 Å². The van der Waals surface area contributed by atoms with Gasteiger partial charge in [0.15, 0.2) is 0 Å². The summed E-state index contributed by atoms with van der Waals surface area (Å²) in [5, 5.41) is 3.22. The molecule has 1 N–H and O–H groups in total. The lowest BCUT2D eigenvalue weighted by Crippen LogP contribution is -2.51. The third-order valence-corrected chi connectivity index (χ3v) is 3.13. The van der Waals surface area contributed by atoms with Crippen LogP contribution in [-0.4, -0.2) is 55.1 Å². The number of cyclic esters (lactones) is 1. The third kappa shape index (κ3) is 2.32. The molecule has 0 aliphatic carbocycles. The number of piperazine rings is 1. The molecule has 6 heteroatoms. The first-order chi connectivity index (χ1) is 7.49. The van der Waals surface area contributed by atoms with Crippen LogP contribution in [-0.2, 0) is 9.53 Å². The summed E-state index contributed by atoms with van der Waals surface area (Å²) in [7, 11) is 0. The Hall–Kier alpha value is -0.750. The molecule has 2 heterocycles. The molecule has 2 rings (SSSR count). The van der Waals surface area contributed by atoms with Gasteiger partial charge < -0.3 is 10.1 Å². The third-order valence-electron chi connectivity index (χ3n) is 3.13. The van der Waals surface area contributed by atoms with Gasteiger partial charge in [0.1, 0.15) is 6.10 Å². The number of carbonyl (C=O) groups excluding carboxylic acids is 1. The van der Waals surface area contributed by atoms with Crippen LogP contribution in [0.15, 0.2) is 0 Å². The van der Waals surface area contributed by atoms with E-state index in [-0.39, 0.29) is 0 Å². The van der Waals surface area contributed by atoms with Crippen molar-refractivity contribution in [2.45, 2.75) is 31.4 Å². The Kier molecular flexibility index (Phi) is 3.12. The van der Waals surface area contributed by atoms with Crippen LogP contribution < -0.4 is 5.32 Å². The highest BCUT2D eigenvalue weighted by Crippen LogP contribution is 2.31. The molecule has 2 fully saturated rings. The summed E-state index contributed by atoms with van der Waals surface area (Å²) in [4.78, 5) is 12.9. The quantitative estimate of drug-likeness (QED) is 0.695. The van der Waals surface area contributed by atoms with Gasteiger partial charge in [0.25, 0.3) is 0 Å². The van der Waals surface area contributed by atoms with Gasteiger partial charge in [-0.05, 0) is 6.92 Å². The van der Waals surface area contributed by atoms with Gasteiger partial charge in [0, 0.05) is 32.2 Å². The maximum absolute atomic E-state index is 12.9. The summed E-state index contributed by atoms with van der Waals surface area (Å²) >= 11 is 0. The molecule has 0 amide bonds. The van der Waals surface area contributed by atoms with Gasteiger partial charge in [-0.25, -0.2) is 4.79 Å². The van der Waals surface area contributed by atoms with E-state index >= 15 is 0 Å². The molecule has 0 spiro atoms. The summed E-state index contributed by atoms with van der Waals surface area (Å²) in [6.45, 7) is 4.94. The van der Waals surface area contributed by atoms with Crippen molar-refractivity contribution in [2.75, 3.05) is 26.2 Å². The van der Waals surface area contributed by atoms with Gasteiger partial charge in [0.05, 0.1) is 6.42 Å². The Morgan fingerprint density at radius 3 is 2.94 bits per heavy atom. The van der Waals surface area contributed by atoms with Gasteiger partial charge in [-0.15, -0.1) is 0 Å². The number of hydrogen-bond donors (Lipinski definition) is 1. The number of ether oxygens (including phenoxy) is 1. The van der Waals surface area contributed by atoms with E-state index in [9.17, 15) is 13.6 Å². The number of nitrogens with zero attached hydrogens (tertiary/aromatic N) is 1. The second kappa shape index (κ2) is 4.25. The van der Waals surface area contributed by atoms with Crippen LogP contribution >= 0.6 is 0 Å². The van der Waals surface area contributed by atoms with E-state index in [0.29, 0.717) is 12.6 Å². The van der Waals surface area contributed by atoms with Crippen molar-refractivity contribution in [3.63, 3.8) is 0 Å². The van der Waals surface area contributed by atoms with E-state index < -0.39 is 24.4 Å². The molecule has 0 aromatic carbocycles. The van der Waals surface area contributed by atoms with Crippen LogP contribution in [0, 0.1) is 0 Å². The van der Waals surface area contributed by atoms with Crippen molar-refractivity contribution in [3.8, 4) is 0 Å². The molecule has 0 saturated carbocycles. The van der Waals surface area contributed by atoms with Crippen LogP contribution in [0.2, 0.25) is 0 Å². The van der Waals surface area contributed by atoms with Gasteiger partial charge in [-0.1, -0.05) is 0 Å².